The number of ether oxygens (including phenoxy) is 1. The Labute approximate surface area is 122 Å². The van der Waals surface area contributed by atoms with Crippen LogP contribution in [0, 0.1) is 5.82 Å². The summed E-state index contributed by atoms with van der Waals surface area (Å²) < 4.78 is 43.6. The lowest BCUT2D eigenvalue weighted by Gasteiger charge is -2.13. The van der Waals surface area contributed by atoms with Gasteiger partial charge >= 0.3 is 0 Å². The molecule has 0 amide bonds. The third-order valence-electron chi connectivity index (χ3n) is 2.78. The van der Waals surface area contributed by atoms with Gasteiger partial charge in [-0.15, -0.1) is 0 Å². The summed E-state index contributed by atoms with van der Waals surface area (Å²) in [6.07, 6.45) is 0. The molecule has 0 bridgehead atoms. The summed E-state index contributed by atoms with van der Waals surface area (Å²) >= 11 is 0. The summed E-state index contributed by atoms with van der Waals surface area (Å²) in [6.45, 7) is 0. The van der Waals surface area contributed by atoms with Crippen LogP contribution in [0.3, 0.4) is 0 Å². The van der Waals surface area contributed by atoms with Crippen molar-refractivity contribution in [2.45, 2.75) is 4.90 Å². The molecule has 0 radical (unpaired) electrons. The second-order valence-corrected chi connectivity index (χ2v) is 6.70. The van der Waals surface area contributed by atoms with Gasteiger partial charge in [-0.3, -0.25) is 0 Å². The molecule has 7 heteroatoms. The quantitative estimate of drug-likeness (QED) is 0.880. The maximum absolute atomic E-state index is 13.1. The van der Waals surface area contributed by atoms with Crippen molar-refractivity contribution in [3.8, 4) is 11.5 Å². The fourth-order valence-corrected chi connectivity index (χ4v) is 2.59. The van der Waals surface area contributed by atoms with Crippen molar-refractivity contribution in [3.05, 3.63) is 48.3 Å². The average Bonchev–Trinajstić information content (AvgIpc) is 2.41. The van der Waals surface area contributed by atoms with E-state index in [-0.39, 0.29) is 22.1 Å². The number of benzene rings is 2. The number of rotatable bonds is 4. The Bertz CT molecular complexity index is 761. The van der Waals surface area contributed by atoms with Gasteiger partial charge in [0.25, 0.3) is 0 Å². The number of halogens is 1. The van der Waals surface area contributed by atoms with Crippen molar-refractivity contribution < 1.29 is 17.5 Å². The van der Waals surface area contributed by atoms with Crippen LogP contribution in [0.5, 0.6) is 11.5 Å². The van der Waals surface area contributed by atoms with Crippen LogP contribution in [-0.4, -0.2) is 26.8 Å². The van der Waals surface area contributed by atoms with Crippen molar-refractivity contribution in [3.63, 3.8) is 0 Å². The zero-order chi connectivity index (χ0) is 15.6. The fourth-order valence-electron chi connectivity index (χ4n) is 1.65. The minimum absolute atomic E-state index is 0.0663. The molecule has 2 rings (SSSR count). The zero-order valence-corrected chi connectivity index (χ0v) is 12.4. The Hall–Kier alpha value is -2.12. The van der Waals surface area contributed by atoms with Crippen molar-refractivity contribution in [2.24, 2.45) is 0 Å². The zero-order valence-electron chi connectivity index (χ0n) is 11.6. The molecule has 112 valence electrons. The lowest BCUT2D eigenvalue weighted by molar-refractivity contribution is 0.478. The minimum Gasteiger partial charge on any atom is -0.455 e. The summed E-state index contributed by atoms with van der Waals surface area (Å²) in [5.74, 6) is 0.112. The molecule has 0 spiro atoms. The lowest BCUT2D eigenvalue weighted by atomic mass is 10.3. The molecule has 2 aromatic rings. The number of nitrogens with two attached hydrogens (primary N) is 1. The molecular formula is C14H15FN2O3S. The van der Waals surface area contributed by atoms with Gasteiger partial charge in [0.2, 0.25) is 10.0 Å². The summed E-state index contributed by atoms with van der Waals surface area (Å²) in [4.78, 5) is 0.0663. The van der Waals surface area contributed by atoms with E-state index in [4.69, 9.17) is 10.5 Å². The highest BCUT2D eigenvalue weighted by Gasteiger charge is 2.18. The Balaban J connectivity index is 2.32. The van der Waals surface area contributed by atoms with Crippen LogP contribution < -0.4 is 10.5 Å². The van der Waals surface area contributed by atoms with Crippen LogP contribution in [0.1, 0.15) is 0 Å². The van der Waals surface area contributed by atoms with Crippen LogP contribution in [-0.2, 0) is 10.0 Å². The lowest BCUT2D eigenvalue weighted by Crippen LogP contribution is -2.22. The van der Waals surface area contributed by atoms with Crippen molar-refractivity contribution in [2.75, 3.05) is 19.8 Å². The largest absolute Gasteiger partial charge is 0.455 e. The van der Waals surface area contributed by atoms with Crippen molar-refractivity contribution in [1.82, 2.24) is 4.31 Å². The Morgan fingerprint density at radius 3 is 2.43 bits per heavy atom. The van der Waals surface area contributed by atoms with E-state index in [0.29, 0.717) is 0 Å². The van der Waals surface area contributed by atoms with Gasteiger partial charge in [0.1, 0.15) is 17.3 Å². The fraction of sp³-hybridized carbons (Fsp3) is 0.143. The predicted octanol–water partition coefficient (Wildman–Crippen LogP) is 2.45. The van der Waals surface area contributed by atoms with Gasteiger partial charge in [0, 0.05) is 20.2 Å². The smallest absolute Gasteiger partial charge is 0.242 e. The second-order valence-electron chi connectivity index (χ2n) is 4.55. The third-order valence-corrected chi connectivity index (χ3v) is 4.59. The summed E-state index contributed by atoms with van der Waals surface area (Å²) in [6, 6.07) is 9.73. The molecule has 0 aliphatic carbocycles. The first-order chi connectivity index (χ1) is 9.80. The Kier molecular flexibility index (Phi) is 4.15. The van der Waals surface area contributed by atoms with E-state index in [1.165, 1.54) is 50.5 Å². The number of hydrogen-bond acceptors (Lipinski definition) is 4. The maximum atomic E-state index is 13.1. The Morgan fingerprint density at radius 1 is 1.14 bits per heavy atom. The van der Waals surface area contributed by atoms with Crippen LogP contribution in [0.15, 0.2) is 47.4 Å². The molecule has 0 unspecified atom stereocenters. The van der Waals surface area contributed by atoms with Gasteiger partial charge in [0.05, 0.1) is 10.6 Å². The molecule has 0 fully saturated rings. The second kappa shape index (κ2) is 5.71. The molecule has 5 nitrogen and oxygen atoms in total. The molecule has 0 atom stereocenters. The number of hydrogen-bond donors (Lipinski definition) is 1. The monoisotopic (exact) mass is 310 g/mol. The van der Waals surface area contributed by atoms with Gasteiger partial charge in [-0.1, -0.05) is 6.07 Å². The molecule has 0 heterocycles. The van der Waals surface area contributed by atoms with E-state index in [0.717, 1.165) is 4.31 Å². The number of sulfonamides is 1. The maximum Gasteiger partial charge on any atom is 0.242 e. The molecule has 2 aromatic carbocycles. The Morgan fingerprint density at radius 2 is 1.86 bits per heavy atom. The number of nitrogens with zero attached hydrogens (tertiary/aromatic N) is 1. The predicted molar refractivity (Wildman–Crippen MR) is 78.2 cm³/mol. The molecular weight excluding hydrogens is 295 g/mol. The minimum atomic E-state index is -3.56. The van der Waals surface area contributed by atoms with Crippen molar-refractivity contribution >= 4 is 15.7 Å². The average molecular weight is 310 g/mol. The SMILES string of the molecule is CN(C)S(=O)(=O)c1ccc(Oc2cccc(F)c2)c(N)c1. The highest BCUT2D eigenvalue weighted by molar-refractivity contribution is 7.89. The first kappa shape index (κ1) is 15.3. The van der Waals surface area contributed by atoms with Gasteiger partial charge in [-0.2, -0.15) is 0 Å². The van der Waals surface area contributed by atoms with Gasteiger partial charge in [0.15, 0.2) is 0 Å². The van der Waals surface area contributed by atoms with Gasteiger partial charge in [-0.25, -0.2) is 17.1 Å². The molecule has 2 N–H and O–H groups in total. The molecule has 0 saturated carbocycles. The number of anilines is 1. The van der Waals surface area contributed by atoms with Gasteiger partial charge in [-0.05, 0) is 30.3 Å². The van der Waals surface area contributed by atoms with Gasteiger partial charge < -0.3 is 10.5 Å². The summed E-state index contributed by atoms with van der Waals surface area (Å²) in [5.41, 5.74) is 5.96. The molecule has 21 heavy (non-hydrogen) atoms. The van der Waals surface area contributed by atoms with Crippen molar-refractivity contribution in [1.29, 1.82) is 0 Å². The van der Waals surface area contributed by atoms with Crippen LogP contribution in [0.2, 0.25) is 0 Å². The van der Waals surface area contributed by atoms with E-state index in [1.807, 2.05) is 0 Å². The molecule has 0 aliphatic heterocycles. The topological polar surface area (TPSA) is 72.6 Å². The van der Waals surface area contributed by atoms with E-state index in [9.17, 15) is 12.8 Å². The number of nitrogen functional groups attached to an aromatic ring is 1. The summed E-state index contributed by atoms with van der Waals surface area (Å²) in [5, 5.41) is 0. The molecule has 0 aromatic heterocycles. The first-order valence-corrected chi connectivity index (χ1v) is 7.50. The standard InChI is InChI=1S/C14H15FN2O3S/c1-17(2)21(18,19)12-6-7-14(13(16)9-12)20-11-5-3-4-10(15)8-11/h3-9H,16H2,1-2H3. The van der Waals surface area contributed by atoms with E-state index in [1.54, 1.807) is 6.07 Å². The van der Waals surface area contributed by atoms with Crippen LogP contribution in [0.25, 0.3) is 0 Å². The van der Waals surface area contributed by atoms with Crippen LogP contribution >= 0.6 is 0 Å². The van der Waals surface area contributed by atoms with E-state index >= 15 is 0 Å². The highest BCUT2D eigenvalue weighted by Crippen LogP contribution is 2.30. The van der Waals surface area contributed by atoms with E-state index < -0.39 is 15.8 Å². The third kappa shape index (κ3) is 3.32. The normalized spacial score (nSPS) is 11.6. The van der Waals surface area contributed by atoms with Crippen LogP contribution in [0.4, 0.5) is 10.1 Å². The first-order valence-electron chi connectivity index (χ1n) is 6.06. The molecule has 0 saturated heterocycles. The molecule has 0 aliphatic rings. The summed E-state index contributed by atoms with van der Waals surface area (Å²) in [7, 11) is -0.692. The van der Waals surface area contributed by atoms with E-state index in [2.05, 4.69) is 0 Å². The highest BCUT2D eigenvalue weighted by atomic mass is 32.2.